The van der Waals surface area contributed by atoms with Crippen molar-refractivity contribution in [2.75, 3.05) is 0 Å². The highest BCUT2D eigenvalue weighted by atomic mass is 19.4. The molecule has 2 atom stereocenters. The van der Waals surface area contributed by atoms with Gasteiger partial charge in [0.15, 0.2) is 0 Å². The number of aromatic nitrogens is 4. The summed E-state index contributed by atoms with van der Waals surface area (Å²) in [6, 6.07) is 20.3. The SMILES string of the molecule is Cn1ccc(COc2ccc3nc([C@@H]4CCCC[C@@H]4C(=O)O)n(Cc4cccc(-c5ccc(C(F)(F)F)cc5)c4)c3c2)n1. The number of hydrogen-bond acceptors (Lipinski definition) is 4. The number of fused-ring (bicyclic) bond motifs is 1. The van der Waals surface area contributed by atoms with Gasteiger partial charge in [-0.1, -0.05) is 43.2 Å². The fraction of sp³-hybridized carbons (Fsp3) is 0.303. The van der Waals surface area contributed by atoms with Crippen LogP contribution in [0.25, 0.3) is 22.2 Å². The van der Waals surface area contributed by atoms with Crippen LogP contribution in [0, 0.1) is 5.92 Å². The Balaban J connectivity index is 1.37. The highest BCUT2D eigenvalue weighted by Crippen LogP contribution is 2.40. The summed E-state index contributed by atoms with van der Waals surface area (Å²) in [5.41, 5.74) is 4.05. The van der Waals surface area contributed by atoms with Gasteiger partial charge in [0.1, 0.15) is 18.2 Å². The average molecular weight is 589 g/mol. The van der Waals surface area contributed by atoms with Crippen LogP contribution in [0.5, 0.6) is 5.75 Å². The second kappa shape index (κ2) is 11.6. The van der Waals surface area contributed by atoms with Gasteiger partial charge in [0, 0.05) is 31.8 Å². The standard InChI is InChI=1S/C33H31F3N4O3/c1-39-16-15-25(38-39)20-43-26-13-14-29-30(18-26)40(31(37-29)27-7-2-3-8-28(27)32(41)42)19-21-5-4-6-23(17-21)22-9-11-24(12-10-22)33(34,35)36/h4-6,9-18,27-28H,2-3,7-8,19-20H2,1H3,(H,41,42)/t27-,28+/m1/s1. The van der Waals surface area contributed by atoms with Gasteiger partial charge in [-0.25, -0.2) is 4.98 Å². The maximum atomic E-state index is 13.1. The first kappa shape index (κ1) is 28.5. The van der Waals surface area contributed by atoms with Gasteiger partial charge in [-0.05, 0) is 65.9 Å². The second-order valence-corrected chi connectivity index (χ2v) is 11.1. The van der Waals surface area contributed by atoms with Gasteiger partial charge in [-0.2, -0.15) is 18.3 Å². The van der Waals surface area contributed by atoms with Gasteiger partial charge in [0.2, 0.25) is 0 Å². The molecule has 1 aliphatic carbocycles. The molecule has 1 aliphatic rings. The molecule has 2 aromatic heterocycles. The molecular formula is C33H31F3N4O3. The average Bonchev–Trinajstić information content (AvgIpc) is 3.58. The van der Waals surface area contributed by atoms with Crippen molar-refractivity contribution in [3.63, 3.8) is 0 Å². The Morgan fingerprint density at radius 1 is 1.00 bits per heavy atom. The number of carboxylic acids is 1. The normalized spacial score (nSPS) is 17.3. The largest absolute Gasteiger partial charge is 0.487 e. The molecule has 10 heteroatoms. The molecule has 1 fully saturated rings. The van der Waals surface area contributed by atoms with E-state index in [1.165, 1.54) is 12.1 Å². The third kappa shape index (κ3) is 6.14. The van der Waals surface area contributed by atoms with E-state index in [2.05, 4.69) is 9.67 Å². The maximum absolute atomic E-state index is 13.1. The first-order valence-electron chi connectivity index (χ1n) is 14.3. The number of nitrogens with zero attached hydrogens (tertiary/aromatic N) is 4. The second-order valence-electron chi connectivity index (χ2n) is 11.1. The van der Waals surface area contributed by atoms with E-state index in [1.807, 2.05) is 61.8 Å². The molecule has 0 bridgehead atoms. The van der Waals surface area contributed by atoms with Crippen LogP contribution in [0.4, 0.5) is 13.2 Å². The Kier molecular flexibility index (Phi) is 7.68. The van der Waals surface area contributed by atoms with Gasteiger partial charge in [-0.3, -0.25) is 9.48 Å². The summed E-state index contributed by atoms with van der Waals surface area (Å²) in [6.07, 6.45) is 0.589. The van der Waals surface area contributed by atoms with E-state index in [1.54, 1.807) is 4.68 Å². The summed E-state index contributed by atoms with van der Waals surface area (Å²) in [5, 5.41) is 14.4. The molecule has 5 aromatic rings. The molecule has 222 valence electrons. The molecule has 0 aliphatic heterocycles. The first-order chi connectivity index (χ1) is 20.7. The topological polar surface area (TPSA) is 82.2 Å². The number of carboxylic acid groups (broad SMARTS) is 1. The Morgan fingerprint density at radius 3 is 2.51 bits per heavy atom. The van der Waals surface area contributed by atoms with Crippen molar-refractivity contribution < 1.29 is 27.8 Å². The minimum absolute atomic E-state index is 0.241. The Hall–Kier alpha value is -4.60. The van der Waals surface area contributed by atoms with Crippen molar-refractivity contribution in [2.24, 2.45) is 13.0 Å². The van der Waals surface area contributed by atoms with E-state index in [-0.39, 0.29) is 5.92 Å². The van der Waals surface area contributed by atoms with Crippen LogP contribution in [-0.2, 0) is 31.2 Å². The molecule has 0 unspecified atom stereocenters. The zero-order chi connectivity index (χ0) is 30.1. The lowest BCUT2D eigenvalue weighted by molar-refractivity contribution is -0.143. The fourth-order valence-electron chi connectivity index (χ4n) is 5.98. The number of hydrogen-bond donors (Lipinski definition) is 1. The lowest BCUT2D eigenvalue weighted by atomic mass is 9.78. The number of aryl methyl sites for hydroxylation is 1. The lowest BCUT2D eigenvalue weighted by Gasteiger charge is -2.28. The van der Waals surface area contributed by atoms with Crippen LogP contribution in [0.15, 0.2) is 79.0 Å². The third-order valence-corrected chi connectivity index (χ3v) is 8.13. The van der Waals surface area contributed by atoms with Crippen LogP contribution in [0.2, 0.25) is 0 Å². The number of halogens is 3. The summed E-state index contributed by atoms with van der Waals surface area (Å²) in [4.78, 5) is 17.2. The summed E-state index contributed by atoms with van der Waals surface area (Å²) < 4.78 is 49.1. The summed E-state index contributed by atoms with van der Waals surface area (Å²) in [5.74, 6) is -0.212. The van der Waals surface area contributed by atoms with Gasteiger partial charge in [-0.15, -0.1) is 0 Å². The molecular weight excluding hydrogens is 557 g/mol. The molecule has 43 heavy (non-hydrogen) atoms. The van der Waals surface area contributed by atoms with E-state index < -0.39 is 23.6 Å². The Bertz CT molecular complexity index is 1760. The van der Waals surface area contributed by atoms with Crippen molar-refractivity contribution in [1.82, 2.24) is 19.3 Å². The molecule has 0 saturated heterocycles. The molecule has 3 aromatic carbocycles. The monoisotopic (exact) mass is 588 g/mol. The molecule has 1 saturated carbocycles. The maximum Gasteiger partial charge on any atom is 0.416 e. The smallest absolute Gasteiger partial charge is 0.416 e. The van der Waals surface area contributed by atoms with Crippen molar-refractivity contribution in [1.29, 1.82) is 0 Å². The highest BCUT2D eigenvalue weighted by Gasteiger charge is 2.35. The minimum atomic E-state index is -4.40. The highest BCUT2D eigenvalue weighted by molar-refractivity contribution is 5.79. The van der Waals surface area contributed by atoms with Crippen LogP contribution >= 0.6 is 0 Å². The zero-order valence-corrected chi connectivity index (χ0v) is 23.6. The summed E-state index contributed by atoms with van der Waals surface area (Å²) in [6.45, 7) is 0.707. The van der Waals surface area contributed by atoms with E-state index in [0.717, 1.165) is 65.1 Å². The number of aliphatic carboxylic acids is 1. The molecule has 0 amide bonds. The third-order valence-electron chi connectivity index (χ3n) is 8.13. The molecule has 6 rings (SSSR count). The molecule has 1 N–H and O–H groups in total. The molecule has 2 heterocycles. The predicted molar refractivity (Wildman–Crippen MR) is 156 cm³/mol. The Labute approximate surface area is 246 Å². The number of rotatable bonds is 8. The number of carbonyl (C=O) groups is 1. The predicted octanol–water partition coefficient (Wildman–Crippen LogP) is 7.44. The van der Waals surface area contributed by atoms with Gasteiger partial charge < -0.3 is 14.4 Å². The number of benzene rings is 3. The van der Waals surface area contributed by atoms with E-state index in [4.69, 9.17) is 9.72 Å². The molecule has 7 nitrogen and oxygen atoms in total. The Morgan fingerprint density at radius 2 is 1.79 bits per heavy atom. The number of imidazole rings is 1. The number of alkyl halides is 3. The van der Waals surface area contributed by atoms with Crippen LogP contribution in [-0.4, -0.2) is 30.4 Å². The quantitative estimate of drug-likeness (QED) is 0.204. The summed E-state index contributed by atoms with van der Waals surface area (Å²) in [7, 11) is 1.85. The zero-order valence-electron chi connectivity index (χ0n) is 23.6. The minimum Gasteiger partial charge on any atom is -0.487 e. The van der Waals surface area contributed by atoms with Crippen LogP contribution in [0.3, 0.4) is 0 Å². The molecule has 0 radical (unpaired) electrons. The van der Waals surface area contributed by atoms with Crippen LogP contribution < -0.4 is 4.74 Å². The van der Waals surface area contributed by atoms with Crippen molar-refractivity contribution in [3.05, 3.63) is 102 Å². The van der Waals surface area contributed by atoms with Crippen molar-refractivity contribution in [2.45, 2.75) is 50.9 Å². The van der Waals surface area contributed by atoms with Gasteiger partial charge in [0.05, 0.1) is 28.2 Å². The van der Waals surface area contributed by atoms with E-state index in [0.29, 0.717) is 30.9 Å². The summed E-state index contributed by atoms with van der Waals surface area (Å²) >= 11 is 0. The first-order valence-corrected chi connectivity index (χ1v) is 14.3. The molecule has 0 spiro atoms. The van der Waals surface area contributed by atoms with E-state index in [9.17, 15) is 23.1 Å². The van der Waals surface area contributed by atoms with Gasteiger partial charge in [0.25, 0.3) is 0 Å². The van der Waals surface area contributed by atoms with E-state index >= 15 is 0 Å². The van der Waals surface area contributed by atoms with Crippen LogP contribution in [0.1, 0.15) is 54.2 Å². The van der Waals surface area contributed by atoms with Crippen molar-refractivity contribution >= 4 is 17.0 Å². The lowest BCUT2D eigenvalue weighted by Crippen LogP contribution is -2.27. The van der Waals surface area contributed by atoms with Crippen molar-refractivity contribution in [3.8, 4) is 16.9 Å². The number of ether oxygens (including phenoxy) is 1. The van der Waals surface area contributed by atoms with Gasteiger partial charge >= 0.3 is 12.1 Å². The fourth-order valence-corrected chi connectivity index (χ4v) is 5.98.